The van der Waals surface area contributed by atoms with Gasteiger partial charge in [-0.15, -0.1) is 0 Å². The van der Waals surface area contributed by atoms with Crippen LogP contribution in [0, 0.1) is 0 Å². The van der Waals surface area contributed by atoms with E-state index in [1.165, 1.54) is 21.5 Å². The van der Waals surface area contributed by atoms with E-state index in [0.29, 0.717) is 0 Å². The van der Waals surface area contributed by atoms with Gasteiger partial charge in [0.2, 0.25) is 0 Å². The molecule has 0 aliphatic rings. The van der Waals surface area contributed by atoms with E-state index in [1.54, 1.807) is 0 Å². The fourth-order valence-corrected chi connectivity index (χ4v) is 7.34. The van der Waals surface area contributed by atoms with Crippen molar-refractivity contribution in [3.8, 4) is 0 Å². The van der Waals surface area contributed by atoms with Crippen molar-refractivity contribution in [2.45, 2.75) is 13.8 Å². The normalized spacial score (nSPS) is 10.6. The summed E-state index contributed by atoms with van der Waals surface area (Å²) in [5.41, 5.74) is 1.38. The molecular weight excluding hydrogens is 343 g/mol. The molecule has 0 aliphatic carbocycles. The van der Waals surface area contributed by atoms with Crippen molar-refractivity contribution in [2.24, 2.45) is 0 Å². The van der Waals surface area contributed by atoms with E-state index in [2.05, 4.69) is 111 Å². The van der Waals surface area contributed by atoms with Crippen LogP contribution in [0.25, 0.3) is 0 Å². The molecule has 0 nitrogen and oxygen atoms in total. The van der Waals surface area contributed by atoms with Gasteiger partial charge in [0.25, 0.3) is 0 Å². The zero-order chi connectivity index (χ0) is 16.8. The highest BCUT2D eigenvalue weighted by atomic mass is 35.5. The molecule has 0 bridgehead atoms. The van der Waals surface area contributed by atoms with Gasteiger partial charge in [0, 0.05) is 0 Å². The first-order valence-corrected chi connectivity index (χ1v) is 10.4. The van der Waals surface area contributed by atoms with Gasteiger partial charge >= 0.3 is 0 Å². The number of benzene rings is 3. The first-order chi connectivity index (χ1) is 11.7. The summed E-state index contributed by atoms with van der Waals surface area (Å²) in [6.07, 6.45) is 3.47. The standard InChI is InChI=1S/C23H24P.ClH/c1-20(2)18-19-24(21-12-6-3-7-13-21,22-14-8-4-9-15-22)23-16-10-5-11-17-23;/h3-18H,19H2,1-2H3;1H/q+1;/p-1. The monoisotopic (exact) mass is 366 g/mol. The molecule has 0 saturated heterocycles. The number of hydrogen-bond donors (Lipinski definition) is 0. The number of hydrogen-bond acceptors (Lipinski definition) is 0. The molecule has 0 aromatic heterocycles. The zero-order valence-corrected chi connectivity index (χ0v) is 16.4. The molecule has 0 atom stereocenters. The largest absolute Gasteiger partial charge is 1.00 e. The fraction of sp³-hybridized carbons (Fsp3) is 0.130. The van der Waals surface area contributed by atoms with Crippen LogP contribution in [0.5, 0.6) is 0 Å². The van der Waals surface area contributed by atoms with Gasteiger partial charge in [-0.2, -0.15) is 0 Å². The summed E-state index contributed by atoms with van der Waals surface area (Å²) in [5.74, 6) is 0. The van der Waals surface area contributed by atoms with Crippen molar-refractivity contribution in [1.82, 2.24) is 0 Å². The first-order valence-electron chi connectivity index (χ1n) is 8.42. The number of allylic oxidation sites excluding steroid dienone is 2. The van der Waals surface area contributed by atoms with E-state index in [0.717, 1.165) is 6.16 Å². The molecule has 128 valence electrons. The fourth-order valence-electron chi connectivity index (χ4n) is 3.13. The van der Waals surface area contributed by atoms with Crippen LogP contribution in [0.4, 0.5) is 0 Å². The number of rotatable bonds is 5. The van der Waals surface area contributed by atoms with Crippen LogP contribution in [0.15, 0.2) is 103 Å². The van der Waals surface area contributed by atoms with Crippen molar-refractivity contribution in [1.29, 1.82) is 0 Å². The van der Waals surface area contributed by atoms with Gasteiger partial charge in [0.15, 0.2) is 0 Å². The Balaban J connectivity index is 0.00000225. The van der Waals surface area contributed by atoms with E-state index < -0.39 is 7.26 Å². The lowest BCUT2D eigenvalue weighted by Crippen LogP contribution is -3.00. The summed E-state index contributed by atoms with van der Waals surface area (Å²) in [7, 11) is -1.68. The molecule has 0 aliphatic heterocycles. The van der Waals surface area contributed by atoms with Crippen molar-refractivity contribution in [3.05, 3.63) is 103 Å². The summed E-state index contributed by atoms with van der Waals surface area (Å²) in [4.78, 5) is 0. The minimum absolute atomic E-state index is 0. The van der Waals surface area contributed by atoms with Crippen LogP contribution >= 0.6 is 7.26 Å². The maximum Gasteiger partial charge on any atom is 0.115 e. The topological polar surface area (TPSA) is 0 Å². The molecule has 2 heteroatoms. The first kappa shape index (κ1) is 19.4. The molecule has 0 spiro atoms. The highest BCUT2D eigenvalue weighted by Crippen LogP contribution is 2.55. The van der Waals surface area contributed by atoms with Crippen LogP contribution in [-0.2, 0) is 0 Å². The molecule has 0 unspecified atom stereocenters. The smallest absolute Gasteiger partial charge is 0.115 e. The van der Waals surface area contributed by atoms with Crippen LogP contribution < -0.4 is 28.3 Å². The van der Waals surface area contributed by atoms with Gasteiger partial charge in [-0.05, 0) is 56.3 Å². The average Bonchev–Trinajstić information content (AvgIpc) is 2.65. The summed E-state index contributed by atoms with van der Waals surface area (Å²) < 4.78 is 0. The second-order valence-electron chi connectivity index (χ2n) is 6.28. The third-order valence-electron chi connectivity index (χ3n) is 4.36. The van der Waals surface area contributed by atoms with Crippen molar-refractivity contribution < 1.29 is 12.4 Å². The van der Waals surface area contributed by atoms with Gasteiger partial charge in [-0.1, -0.05) is 60.2 Å². The Morgan fingerprint density at radius 1 is 0.640 bits per heavy atom. The second kappa shape index (κ2) is 8.99. The molecule has 25 heavy (non-hydrogen) atoms. The van der Waals surface area contributed by atoms with Crippen LogP contribution in [0.1, 0.15) is 13.8 Å². The summed E-state index contributed by atoms with van der Waals surface area (Å²) in [5, 5.41) is 4.33. The van der Waals surface area contributed by atoms with E-state index in [-0.39, 0.29) is 12.4 Å². The van der Waals surface area contributed by atoms with E-state index in [9.17, 15) is 0 Å². The third-order valence-corrected chi connectivity index (χ3v) is 8.63. The summed E-state index contributed by atoms with van der Waals surface area (Å²) in [6.45, 7) is 4.38. The molecule has 3 aromatic rings. The quantitative estimate of drug-likeness (QED) is 0.478. The average molecular weight is 367 g/mol. The molecule has 3 rings (SSSR count). The predicted octanol–water partition coefficient (Wildman–Crippen LogP) is 1.95. The number of halogens is 1. The Morgan fingerprint density at radius 2 is 0.960 bits per heavy atom. The van der Waals surface area contributed by atoms with E-state index in [1.807, 2.05) is 0 Å². The van der Waals surface area contributed by atoms with E-state index >= 15 is 0 Å². The van der Waals surface area contributed by atoms with Gasteiger partial charge < -0.3 is 12.4 Å². The van der Waals surface area contributed by atoms with Crippen LogP contribution in [0.3, 0.4) is 0 Å². The molecule has 0 heterocycles. The molecule has 0 N–H and O–H groups in total. The van der Waals surface area contributed by atoms with Crippen LogP contribution in [0.2, 0.25) is 0 Å². The molecule has 0 amide bonds. The minimum atomic E-state index is -1.68. The van der Waals surface area contributed by atoms with Gasteiger partial charge in [0.05, 0.1) is 6.16 Å². The lowest BCUT2D eigenvalue weighted by atomic mass is 10.3. The van der Waals surface area contributed by atoms with Gasteiger partial charge in [-0.25, -0.2) is 0 Å². The summed E-state index contributed by atoms with van der Waals surface area (Å²) >= 11 is 0. The highest BCUT2D eigenvalue weighted by molar-refractivity contribution is 7.95. The second-order valence-corrected chi connectivity index (χ2v) is 9.81. The van der Waals surface area contributed by atoms with E-state index in [4.69, 9.17) is 0 Å². The SMILES string of the molecule is CC(C)=CC[P+](c1ccccc1)(c1ccccc1)c1ccccc1.[Cl-]. The maximum absolute atomic E-state index is 2.40. The Kier molecular flexibility index (Phi) is 7.00. The molecule has 3 aromatic carbocycles. The van der Waals surface area contributed by atoms with Crippen LogP contribution in [-0.4, -0.2) is 6.16 Å². The maximum atomic E-state index is 2.40. The lowest BCUT2D eigenvalue weighted by Gasteiger charge is -2.26. The molecular formula is C23H24ClP. The van der Waals surface area contributed by atoms with Crippen molar-refractivity contribution >= 4 is 23.2 Å². The Bertz CT molecular complexity index is 695. The molecule has 0 radical (unpaired) electrons. The minimum Gasteiger partial charge on any atom is -1.00 e. The predicted molar refractivity (Wildman–Crippen MR) is 109 cm³/mol. The Hall–Kier alpha value is -1.88. The van der Waals surface area contributed by atoms with Crippen molar-refractivity contribution in [2.75, 3.05) is 6.16 Å². The third kappa shape index (κ3) is 4.21. The zero-order valence-electron chi connectivity index (χ0n) is 14.8. The summed E-state index contributed by atoms with van der Waals surface area (Å²) in [6, 6.07) is 33.1. The Morgan fingerprint density at radius 3 is 1.24 bits per heavy atom. The van der Waals surface area contributed by atoms with Gasteiger partial charge in [-0.3, -0.25) is 0 Å². The Labute approximate surface area is 158 Å². The molecule has 0 fully saturated rings. The van der Waals surface area contributed by atoms with Gasteiger partial charge in [0.1, 0.15) is 23.2 Å². The lowest BCUT2D eigenvalue weighted by molar-refractivity contribution is -0.00000483. The highest BCUT2D eigenvalue weighted by Gasteiger charge is 2.44. The van der Waals surface area contributed by atoms with Crippen molar-refractivity contribution in [3.63, 3.8) is 0 Å². The molecule has 0 saturated carbocycles.